The lowest BCUT2D eigenvalue weighted by Crippen LogP contribution is -2.14. The average molecular weight is 308 g/mol. The first-order valence-corrected chi connectivity index (χ1v) is 7.32. The Balaban J connectivity index is 2.36. The molecule has 0 saturated carbocycles. The molecule has 0 atom stereocenters. The Bertz CT molecular complexity index is 759. The van der Waals surface area contributed by atoms with Gasteiger partial charge in [0.2, 0.25) is 0 Å². The summed E-state index contributed by atoms with van der Waals surface area (Å²) >= 11 is 0. The van der Waals surface area contributed by atoms with Crippen LogP contribution >= 0.6 is 0 Å². The van der Waals surface area contributed by atoms with Crippen molar-refractivity contribution in [3.05, 3.63) is 52.7 Å². The topological polar surface area (TPSA) is 114 Å². The molecule has 8 nitrogen and oxygen atoms in total. The van der Waals surface area contributed by atoms with Crippen LogP contribution in [-0.4, -0.2) is 25.4 Å². The van der Waals surface area contributed by atoms with E-state index < -0.39 is 25.5 Å². The fraction of sp³-hybridized carbons (Fsp3) is 0.0833. The van der Waals surface area contributed by atoms with E-state index >= 15 is 0 Å². The monoisotopic (exact) mass is 308 g/mol. The summed E-state index contributed by atoms with van der Waals surface area (Å²) in [4.78, 5) is 13.7. The van der Waals surface area contributed by atoms with E-state index in [2.05, 4.69) is 15.0 Å². The zero-order chi connectivity index (χ0) is 15.5. The molecule has 1 heterocycles. The molecule has 1 aromatic carbocycles. The largest absolute Gasteiger partial charge is 0.373 e. The number of nitro benzene ring substituents is 1. The quantitative estimate of drug-likeness (QED) is 0.643. The maximum Gasteiger partial charge on any atom is 0.289 e. The van der Waals surface area contributed by atoms with E-state index in [4.69, 9.17) is 0 Å². The first kappa shape index (κ1) is 14.7. The highest BCUT2D eigenvalue weighted by Crippen LogP contribution is 2.25. The van der Waals surface area contributed by atoms with Crippen LogP contribution in [0.3, 0.4) is 0 Å². The van der Waals surface area contributed by atoms with Crippen LogP contribution in [0.15, 0.2) is 47.5 Å². The number of sulfonamides is 1. The summed E-state index contributed by atoms with van der Waals surface area (Å²) in [6.07, 6.45) is 1.32. The first-order chi connectivity index (χ1) is 9.94. The molecule has 110 valence electrons. The summed E-state index contributed by atoms with van der Waals surface area (Å²) in [7, 11) is -2.38. The lowest BCUT2D eigenvalue weighted by Gasteiger charge is -2.08. The molecule has 0 spiro atoms. The van der Waals surface area contributed by atoms with Crippen molar-refractivity contribution in [2.24, 2.45) is 0 Å². The number of rotatable bonds is 5. The van der Waals surface area contributed by atoms with Crippen LogP contribution in [0.5, 0.6) is 0 Å². The molecule has 2 aromatic rings. The molecule has 0 unspecified atom stereocenters. The molecule has 0 fully saturated rings. The van der Waals surface area contributed by atoms with Crippen molar-refractivity contribution in [2.75, 3.05) is 17.1 Å². The Kier molecular flexibility index (Phi) is 4.03. The summed E-state index contributed by atoms with van der Waals surface area (Å²) in [6, 6.07) is 8.22. The molecule has 0 aliphatic carbocycles. The smallest absolute Gasteiger partial charge is 0.289 e. The highest BCUT2D eigenvalue weighted by atomic mass is 32.2. The van der Waals surface area contributed by atoms with Crippen molar-refractivity contribution in [3.63, 3.8) is 0 Å². The van der Waals surface area contributed by atoms with E-state index in [9.17, 15) is 18.5 Å². The van der Waals surface area contributed by atoms with Crippen LogP contribution in [0.4, 0.5) is 17.2 Å². The Morgan fingerprint density at radius 2 is 1.90 bits per heavy atom. The summed E-state index contributed by atoms with van der Waals surface area (Å²) in [6.45, 7) is 0. The van der Waals surface area contributed by atoms with Crippen LogP contribution < -0.4 is 10.0 Å². The number of hydrogen-bond donors (Lipinski definition) is 2. The zero-order valence-electron chi connectivity index (χ0n) is 11.0. The number of pyridine rings is 1. The fourth-order valence-corrected chi connectivity index (χ4v) is 2.86. The molecule has 21 heavy (non-hydrogen) atoms. The lowest BCUT2D eigenvalue weighted by molar-refractivity contribution is -0.387. The molecule has 0 aliphatic rings. The number of nitro groups is 1. The van der Waals surface area contributed by atoms with Gasteiger partial charge in [-0.25, -0.2) is 13.4 Å². The van der Waals surface area contributed by atoms with Gasteiger partial charge in [0.1, 0.15) is 5.82 Å². The SMILES string of the molecule is CNc1ccc(NS(=O)(=O)c2ccccc2[N+](=O)[O-])cn1. The van der Waals surface area contributed by atoms with Crippen molar-refractivity contribution in [1.82, 2.24) is 4.98 Å². The molecular weight excluding hydrogens is 296 g/mol. The number of benzene rings is 1. The zero-order valence-corrected chi connectivity index (χ0v) is 11.8. The van der Waals surface area contributed by atoms with Gasteiger partial charge in [-0.15, -0.1) is 0 Å². The molecule has 0 amide bonds. The number of anilines is 2. The first-order valence-electron chi connectivity index (χ1n) is 5.84. The van der Waals surface area contributed by atoms with Crippen LogP contribution in [-0.2, 0) is 10.0 Å². The van der Waals surface area contributed by atoms with Gasteiger partial charge in [0, 0.05) is 13.1 Å². The minimum atomic E-state index is -4.06. The van der Waals surface area contributed by atoms with E-state index in [0.717, 1.165) is 6.07 Å². The Morgan fingerprint density at radius 1 is 1.19 bits per heavy atom. The van der Waals surface area contributed by atoms with E-state index in [1.165, 1.54) is 30.5 Å². The third-order valence-electron chi connectivity index (χ3n) is 2.62. The Labute approximate surface area is 121 Å². The second kappa shape index (κ2) is 5.75. The van der Waals surface area contributed by atoms with Crippen LogP contribution in [0.25, 0.3) is 0 Å². The second-order valence-corrected chi connectivity index (χ2v) is 5.66. The number of hydrogen-bond acceptors (Lipinski definition) is 6. The highest BCUT2D eigenvalue weighted by molar-refractivity contribution is 7.92. The molecule has 0 bridgehead atoms. The van der Waals surface area contributed by atoms with Gasteiger partial charge in [0.25, 0.3) is 15.7 Å². The molecule has 1 aromatic heterocycles. The van der Waals surface area contributed by atoms with Gasteiger partial charge in [-0.2, -0.15) is 0 Å². The van der Waals surface area contributed by atoms with Crippen LogP contribution in [0, 0.1) is 10.1 Å². The summed E-state index contributed by atoms with van der Waals surface area (Å²) in [5.74, 6) is 0.573. The number of nitrogens with one attached hydrogen (secondary N) is 2. The molecular formula is C12H12N4O4S. The van der Waals surface area contributed by atoms with Gasteiger partial charge in [0.05, 0.1) is 16.8 Å². The van der Waals surface area contributed by atoms with Crippen molar-refractivity contribution in [1.29, 1.82) is 0 Å². The van der Waals surface area contributed by atoms with Gasteiger partial charge in [-0.3, -0.25) is 14.8 Å². The molecule has 2 rings (SSSR count). The van der Waals surface area contributed by atoms with Crippen LogP contribution in [0.1, 0.15) is 0 Å². The van der Waals surface area contributed by atoms with E-state index in [0.29, 0.717) is 5.82 Å². The predicted octanol–water partition coefficient (Wildman–Crippen LogP) is 1.83. The van der Waals surface area contributed by atoms with Crippen molar-refractivity contribution >= 4 is 27.2 Å². The maximum atomic E-state index is 12.2. The molecule has 0 aliphatic heterocycles. The van der Waals surface area contributed by atoms with Gasteiger partial charge < -0.3 is 5.32 Å². The maximum absolute atomic E-state index is 12.2. The minimum absolute atomic E-state index is 0.215. The Morgan fingerprint density at radius 3 is 2.48 bits per heavy atom. The van der Waals surface area contributed by atoms with Crippen molar-refractivity contribution in [2.45, 2.75) is 4.90 Å². The van der Waals surface area contributed by atoms with Gasteiger partial charge >= 0.3 is 0 Å². The summed E-state index contributed by atoms with van der Waals surface area (Å²) < 4.78 is 26.7. The number of nitrogens with zero attached hydrogens (tertiary/aromatic N) is 2. The van der Waals surface area contributed by atoms with Gasteiger partial charge in [0.15, 0.2) is 4.90 Å². The standard InChI is InChI=1S/C12H12N4O4S/c1-13-12-7-6-9(8-14-12)15-21(19,20)11-5-3-2-4-10(11)16(17)18/h2-8,15H,1H3,(H,13,14). The highest BCUT2D eigenvalue weighted by Gasteiger charge is 2.25. The molecule has 0 radical (unpaired) electrons. The minimum Gasteiger partial charge on any atom is -0.373 e. The van der Waals surface area contributed by atoms with Gasteiger partial charge in [-0.05, 0) is 18.2 Å². The normalized spacial score (nSPS) is 10.9. The summed E-state index contributed by atoms with van der Waals surface area (Å²) in [5.41, 5.74) is -0.267. The molecule has 2 N–H and O–H groups in total. The third-order valence-corrected chi connectivity index (χ3v) is 4.05. The fourth-order valence-electron chi connectivity index (χ4n) is 1.65. The molecule has 0 saturated heterocycles. The van der Waals surface area contributed by atoms with E-state index in [1.54, 1.807) is 13.1 Å². The number of para-hydroxylation sites is 1. The average Bonchev–Trinajstić information content (AvgIpc) is 2.47. The summed E-state index contributed by atoms with van der Waals surface area (Å²) in [5, 5.41) is 13.7. The van der Waals surface area contributed by atoms with Crippen molar-refractivity contribution < 1.29 is 13.3 Å². The second-order valence-electron chi connectivity index (χ2n) is 4.01. The Hall–Kier alpha value is -2.68. The van der Waals surface area contributed by atoms with E-state index in [1.807, 2.05) is 0 Å². The molecule has 9 heteroatoms. The van der Waals surface area contributed by atoms with Crippen molar-refractivity contribution in [3.8, 4) is 0 Å². The predicted molar refractivity (Wildman–Crippen MR) is 77.7 cm³/mol. The van der Waals surface area contributed by atoms with Crippen LogP contribution in [0.2, 0.25) is 0 Å². The van der Waals surface area contributed by atoms with Gasteiger partial charge in [-0.1, -0.05) is 12.1 Å². The van der Waals surface area contributed by atoms with E-state index in [-0.39, 0.29) is 5.69 Å². The third kappa shape index (κ3) is 3.26. The lowest BCUT2D eigenvalue weighted by atomic mass is 10.3. The number of aromatic nitrogens is 1.